The minimum Gasteiger partial charge on any atom is -0.497 e. The molecule has 0 spiro atoms. The van der Waals surface area contributed by atoms with E-state index in [2.05, 4.69) is 48.2 Å². The van der Waals surface area contributed by atoms with Gasteiger partial charge in [-0.25, -0.2) is 14.8 Å². The fourth-order valence-corrected chi connectivity index (χ4v) is 5.55. The molecule has 2 aromatic heterocycles. The molecule has 0 radical (unpaired) electrons. The zero-order chi connectivity index (χ0) is 30.6. The van der Waals surface area contributed by atoms with Crippen LogP contribution in [0.4, 0.5) is 0 Å². The van der Waals surface area contributed by atoms with Gasteiger partial charge < -0.3 is 15.2 Å². The van der Waals surface area contributed by atoms with E-state index in [4.69, 9.17) is 4.74 Å². The Balaban J connectivity index is 1.22. The van der Waals surface area contributed by atoms with E-state index in [1.807, 2.05) is 66.7 Å². The molecule has 2 N–H and O–H groups in total. The number of hydrogen-bond donors (Lipinski definition) is 2. The van der Waals surface area contributed by atoms with E-state index in [0.717, 1.165) is 44.0 Å². The van der Waals surface area contributed by atoms with Crippen molar-refractivity contribution in [3.05, 3.63) is 113 Å². The van der Waals surface area contributed by atoms with Crippen LogP contribution in [0.2, 0.25) is 0 Å². The van der Waals surface area contributed by atoms with Crippen molar-refractivity contribution in [1.29, 1.82) is 0 Å². The lowest BCUT2D eigenvalue weighted by Gasteiger charge is -2.16. The molecule has 3 aromatic carbocycles. The highest BCUT2D eigenvalue weighted by Gasteiger charge is 2.24. The SMILES string of the molecule is COc1ccc(-c2ccc(-c3cnc(-c4ccc(C[C@H](NC(=O)c5ccc(C(C)(C)C)s5)C(=O)O)cc4)nc3)cc2)cc1. The molecule has 1 amide bonds. The number of carbonyl (C=O) groups is 2. The highest BCUT2D eigenvalue weighted by atomic mass is 32.1. The van der Waals surface area contributed by atoms with E-state index in [-0.39, 0.29) is 17.7 Å². The van der Waals surface area contributed by atoms with Crippen LogP contribution >= 0.6 is 11.3 Å². The van der Waals surface area contributed by atoms with Crippen molar-refractivity contribution >= 4 is 23.2 Å². The highest BCUT2D eigenvalue weighted by Crippen LogP contribution is 2.30. The number of benzene rings is 3. The summed E-state index contributed by atoms with van der Waals surface area (Å²) in [6.07, 6.45) is 3.75. The quantitative estimate of drug-likeness (QED) is 0.187. The van der Waals surface area contributed by atoms with E-state index in [1.165, 1.54) is 11.3 Å². The predicted octanol–water partition coefficient (Wildman–Crippen LogP) is 7.27. The molecule has 5 aromatic rings. The van der Waals surface area contributed by atoms with Gasteiger partial charge in [0.15, 0.2) is 5.82 Å². The maximum Gasteiger partial charge on any atom is 0.326 e. The van der Waals surface area contributed by atoms with Crippen LogP contribution in [0.15, 0.2) is 97.3 Å². The monoisotopic (exact) mass is 591 g/mol. The molecule has 0 saturated carbocycles. The summed E-state index contributed by atoms with van der Waals surface area (Å²) in [5, 5.41) is 12.4. The molecular weight excluding hydrogens is 558 g/mol. The van der Waals surface area contributed by atoms with Crippen LogP contribution in [-0.4, -0.2) is 40.1 Å². The van der Waals surface area contributed by atoms with Gasteiger partial charge in [-0.15, -0.1) is 11.3 Å². The standard InChI is InChI=1S/C35H33N3O4S/c1-35(2,3)31-18-17-30(43-31)33(39)38-29(34(40)41)19-22-5-7-26(8-6-22)32-36-20-27(21-37-32)25-11-9-23(10-12-25)24-13-15-28(42-4)16-14-24/h5-18,20-21,29H,19H2,1-4H3,(H,38,39)(H,40,41)/t29-/m0/s1. The molecule has 0 aliphatic rings. The van der Waals surface area contributed by atoms with Crippen molar-refractivity contribution in [3.8, 4) is 39.4 Å². The van der Waals surface area contributed by atoms with Crippen molar-refractivity contribution in [2.75, 3.05) is 7.11 Å². The third-order valence-electron chi connectivity index (χ3n) is 7.12. The summed E-state index contributed by atoms with van der Waals surface area (Å²) in [5.41, 5.74) is 5.65. The first kappa shape index (κ1) is 29.7. The normalized spacial score (nSPS) is 12.0. The zero-order valence-corrected chi connectivity index (χ0v) is 25.3. The van der Waals surface area contributed by atoms with Crippen LogP contribution in [0, 0.1) is 0 Å². The first-order chi connectivity index (χ1) is 20.6. The number of carbonyl (C=O) groups excluding carboxylic acids is 1. The number of hydrogen-bond acceptors (Lipinski definition) is 6. The third-order valence-corrected chi connectivity index (χ3v) is 8.63. The van der Waals surface area contributed by atoms with Gasteiger partial charge in [-0.05, 0) is 51.9 Å². The average molecular weight is 592 g/mol. The lowest BCUT2D eigenvalue weighted by Crippen LogP contribution is -2.42. The number of carboxylic acid groups (broad SMARTS) is 1. The lowest BCUT2D eigenvalue weighted by molar-refractivity contribution is -0.139. The Morgan fingerprint density at radius 1 is 0.791 bits per heavy atom. The molecule has 8 heteroatoms. The Hall–Kier alpha value is -4.82. The molecular formula is C35H33N3O4S. The zero-order valence-electron chi connectivity index (χ0n) is 24.5. The average Bonchev–Trinajstić information content (AvgIpc) is 3.53. The molecule has 218 valence electrons. The Bertz CT molecular complexity index is 1700. The Labute approximate surface area is 255 Å². The molecule has 0 aliphatic heterocycles. The smallest absolute Gasteiger partial charge is 0.326 e. The van der Waals surface area contributed by atoms with Gasteiger partial charge in [-0.1, -0.05) is 81.4 Å². The van der Waals surface area contributed by atoms with Gasteiger partial charge >= 0.3 is 5.97 Å². The summed E-state index contributed by atoms with van der Waals surface area (Å²) < 4.78 is 5.24. The third kappa shape index (κ3) is 7.16. The summed E-state index contributed by atoms with van der Waals surface area (Å²) in [5.74, 6) is -0.0697. The number of aliphatic carboxylic acids is 1. The van der Waals surface area contributed by atoms with Gasteiger partial charge in [0.25, 0.3) is 5.91 Å². The number of amides is 1. The molecule has 0 aliphatic carbocycles. The number of thiophene rings is 1. The summed E-state index contributed by atoms with van der Waals surface area (Å²) in [4.78, 5) is 35.4. The second-order valence-electron chi connectivity index (χ2n) is 11.3. The summed E-state index contributed by atoms with van der Waals surface area (Å²) in [6.45, 7) is 6.23. The second-order valence-corrected chi connectivity index (χ2v) is 12.4. The van der Waals surface area contributed by atoms with Gasteiger partial charge in [0.2, 0.25) is 0 Å². The van der Waals surface area contributed by atoms with E-state index >= 15 is 0 Å². The summed E-state index contributed by atoms with van der Waals surface area (Å²) in [7, 11) is 1.65. The molecule has 7 nitrogen and oxygen atoms in total. The maximum atomic E-state index is 12.8. The first-order valence-corrected chi connectivity index (χ1v) is 14.7. The van der Waals surface area contributed by atoms with Crippen LogP contribution < -0.4 is 10.1 Å². The molecule has 0 unspecified atom stereocenters. The minimum atomic E-state index is -1.08. The van der Waals surface area contributed by atoms with Crippen LogP contribution in [0.5, 0.6) is 5.75 Å². The first-order valence-electron chi connectivity index (χ1n) is 13.9. The van der Waals surface area contributed by atoms with Gasteiger partial charge in [-0.2, -0.15) is 0 Å². The molecule has 0 fully saturated rings. The maximum absolute atomic E-state index is 12.8. The number of rotatable bonds is 9. The summed E-state index contributed by atoms with van der Waals surface area (Å²) >= 11 is 1.38. The molecule has 0 bridgehead atoms. The highest BCUT2D eigenvalue weighted by molar-refractivity contribution is 7.14. The molecule has 1 atom stereocenters. The molecule has 2 heterocycles. The van der Waals surface area contributed by atoms with Crippen molar-refractivity contribution in [3.63, 3.8) is 0 Å². The number of aromatic nitrogens is 2. The number of nitrogens with zero attached hydrogens (tertiary/aromatic N) is 2. The largest absolute Gasteiger partial charge is 0.497 e. The van der Waals surface area contributed by atoms with E-state index in [0.29, 0.717) is 10.7 Å². The topological polar surface area (TPSA) is 101 Å². The van der Waals surface area contributed by atoms with Crippen LogP contribution in [0.1, 0.15) is 40.9 Å². The van der Waals surface area contributed by atoms with Gasteiger partial charge in [0.05, 0.1) is 12.0 Å². The van der Waals surface area contributed by atoms with E-state index < -0.39 is 12.0 Å². The molecule has 0 saturated heterocycles. The van der Waals surface area contributed by atoms with Gasteiger partial charge in [0.1, 0.15) is 11.8 Å². The van der Waals surface area contributed by atoms with Crippen molar-refractivity contribution in [2.45, 2.75) is 38.6 Å². The number of carboxylic acids is 1. The molecule has 43 heavy (non-hydrogen) atoms. The minimum absolute atomic E-state index is 0.0782. The Morgan fingerprint density at radius 2 is 1.33 bits per heavy atom. The van der Waals surface area contributed by atoms with E-state index in [9.17, 15) is 14.7 Å². The lowest BCUT2D eigenvalue weighted by atomic mass is 9.95. The van der Waals surface area contributed by atoms with Crippen LogP contribution in [0.25, 0.3) is 33.6 Å². The van der Waals surface area contributed by atoms with Crippen molar-refractivity contribution < 1.29 is 19.4 Å². The fraction of sp³-hybridized carbons (Fsp3) is 0.200. The van der Waals surface area contributed by atoms with Crippen LogP contribution in [-0.2, 0) is 16.6 Å². The second kappa shape index (κ2) is 12.6. The summed E-state index contributed by atoms with van der Waals surface area (Å²) in [6, 6.07) is 26.2. The van der Waals surface area contributed by atoms with Crippen molar-refractivity contribution in [1.82, 2.24) is 15.3 Å². The Morgan fingerprint density at radius 3 is 1.84 bits per heavy atom. The number of ether oxygens (including phenoxy) is 1. The van der Waals surface area contributed by atoms with Crippen molar-refractivity contribution in [2.24, 2.45) is 0 Å². The van der Waals surface area contributed by atoms with Gasteiger partial charge in [0, 0.05) is 34.8 Å². The predicted molar refractivity (Wildman–Crippen MR) is 171 cm³/mol. The molecule has 5 rings (SSSR count). The number of nitrogens with one attached hydrogen (secondary N) is 1. The number of methoxy groups -OCH3 is 1. The van der Waals surface area contributed by atoms with E-state index in [1.54, 1.807) is 25.6 Å². The van der Waals surface area contributed by atoms with Gasteiger partial charge in [-0.3, -0.25) is 4.79 Å². The van der Waals surface area contributed by atoms with Crippen LogP contribution in [0.3, 0.4) is 0 Å². The fourth-order valence-electron chi connectivity index (χ4n) is 4.58. The Kier molecular flexibility index (Phi) is 8.68.